The van der Waals surface area contributed by atoms with Gasteiger partial charge in [-0.2, -0.15) is 0 Å². The van der Waals surface area contributed by atoms with E-state index in [2.05, 4.69) is 10.3 Å². The van der Waals surface area contributed by atoms with Crippen LogP contribution in [0, 0.1) is 0 Å². The van der Waals surface area contributed by atoms with E-state index in [0.29, 0.717) is 36.2 Å². The van der Waals surface area contributed by atoms with Gasteiger partial charge in [0.15, 0.2) is 0 Å². The Morgan fingerprint density at radius 1 is 1.27 bits per heavy atom. The van der Waals surface area contributed by atoms with Crippen LogP contribution in [0.2, 0.25) is 10.0 Å². The number of carbonyl (C=O) groups is 1. The summed E-state index contributed by atoms with van der Waals surface area (Å²) in [7, 11) is 3.97. The van der Waals surface area contributed by atoms with Crippen molar-refractivity contribution in [1.82, 2.24) is 24.7 Å². The molecule has 1 heterocycles. The average molecular weight is 398 g/mol. The number of imidazole rings is 1. The zero-order valence-electron chi connectivity index (χ0n) is 15.4. The molecule has 0 atom stereocenters. The highest BCUT2D eigenvalue weighted by atomic mass is 35.5. The van der Waals surface area contributed by atoms with Crippen molar-refractivity contribution in [2.24, 2.45) is 0 Å². The lowest BCUT2D eigenvalue weighted by atomic mass is 10.2. The molecule has 1 N–H and O–H groups in total. The zero-order valence-corrected chi connectivity index (χ0v) is 16.9. The van der Waals surface area contributed by atoms with E-state index >= 15 is 0 Å². The van der Waals surface area contributed by atoms with Crippen molar-refractivity contribution in [2.75, 3.05) is 33.7 Å². The predicted molar refractivity (Wildman–Crippen MR) is 106 cm³/mol. The fourth-order valence-corrected chi connectivity index (χ4v) is 2.94. The Morgan fingerprint density at radius 3 is 2.69 bits per heavy atom. The summed E-state index contributed by atoms with van der Waals surface area (Å²) in [5.41, 5.74) is 0.952. The molecule has 2 aromatic rings. The first-order valence-electron chi connectivity index (χ1n) is 8.52. The summed E-state index contributed by atoms with van der Waals surface area (Å²) in [5.74, 6) is 0.807. The lowest BCUT2D eigenvalue weighted by Gasteiger charge is -2.24. The first kappa shape index (κ1) is 20.6. The van der Waals surface area contributed by atoms with Gasteiger partial charge in [0.2, 0.25) is 0 Å². The number of rotatable bonds is 8. The number of halogens is 2. The van der Waals surface area contributed by atoms with Crippen LogP contribution in [0.4, 0.5) is 4.79 Å². The van der Waals surface area contributed by atoms with Crippen LogP contribution in [0.25, 0.3) is 0 Å². The van der Waals surface area contributed by atoms with E-state index in [-0.39, 0.29) is 6.03 Å². The van der Waals surface area contributed by atoms with Gasteiger partial charge in [-0.15, -0.1) is 0 Å². The molecule has 26 heavy (non-hydrogen) atoms. The Morgan fingerprint density at radius 2 is 2.04 bits per heavy atom. The lowest BCUT2D eigenvalue weighted by molar-refractivity contribution is 0.187. The molecular weight excluding hydrogens is 373 g/mol. The lowest BCUT2D eigenvalue weighted by Crippen LogP contribution is -2.43. The van der Waals surface area contributed by atoms with E-state index in [0.717, 1.165) is 17.9 Å². The van der Waals surface area contributed by atoms with Gasteiger partial charge in [-0.3, -0.25) is 0 Å². The molecule has 1 aromatic heterocycles. The number of nitrogens with one attached hydrogen (secondary N) is 1. The van der Waals surface area contributed by atoms with Crippen molar-refractivity contribution in [2.45, 2.75) is 20.0 Å². The zero-order chi connectivity index (χ0) is 19.1. The number of nitrogens with zero attached hydrogens (tertiary/aromatic N) is 4. The number of hydrogen-bond acceptors (Lipinski definition) is 3. The Kier molecular flexibility index (Phi) is 7.75. The van der Waals surface area contributed by atoms with Crippen LogP contribution in [0.3, 0.4) is 0 Å². The summed E-state index contributed by atoms with van der Waals surface area (Å²) < 4.78 is 2.00. The molecule has 0 fully saturated rings. The topological polar surface area (TPSA) is 53.4 Å². The fourth-order valence-electron chi connectivity index (χ4n) is 2.48. The largest absolute Gasteiger partial charge is 0.338 e. The number of hydrogen-bond donors (Lipinski definition) is 1. The van der Waals surface area contributed by atoms with Gasteiger partial charge < -0.3 is 19.7 Å². The third-order valence-corrected chi connectivity index (χ3v) is 4.51. The summed E-state index contributed by atoms with van der Waals surface area (Å²) in [5, 5.41) is 4.09. The second-order valence-electron chi connectivity index (χ2n) is 6.27. The van der Waals surface area contributed by atoms with E-state index in [9.17, 15) is 4.79 Å². The van der Waals surface area contributed by atoms with Gasteiger partial charge in [-0.1, -0.05) is 29.3 Å². The average Bonchev–Trinajstić information content (AvgIpc) is 3.01. The SMILES string of the molecule is CCNC(=O)N(CCN(C)C)Cc1nccn1Cc1ccc(Cl)cc1Cl. The van der Waals surface area contributed by atoms with Crippen LogP contribution in [0.1, 0.15) is 18.3 Å². The number of likely N-dealkylation sites (N-methyl/N-ethyl adjacent to an activating group) is 1. The molecule has 6 nitrogen and oxygen atoms in total. The van der Waals surface area contributed by atoms with Crippen molar-refractivity contribution in [3.63, 3.8) is 0 Å². The second-order valence-corrected chi connectivity index (χ2v) is 7.11. The molecule has 2 amide bonds. The van der Waals surface area contributed by atoms with Crippen LogP contribution >= 0.6 is 23.2 Å². The summed E-state index contributed by atoms with van der Waals surface area (Å²) in [4.78, 5) is 20.6. The minimum absolute atomic E-state index is 0.0894. The molecule has 0 aliphatic rings. The number of amides is 2. The summed E-state index contributed by atoms with van der Waals surface area (Å²) >= 11 is 12.2. The van der Waals surface area contributed by atoms with Crippen LogP contribution in [0.15, 0.2) is 30.6 Å². The summed E-state index contributed by atoms with van der Waals surface area (Å²) in [6.07, 6.45) is 3.63. The Hall–Kier alpha value is -1.76. The quantitative estimate of drug-likeness (QED) is 0.742. The monoisotopic (exact) mass is 397 g/mol. The van der Waals surface area contributed by atoms with Gasteiger partial charge in [-0.25, -0.2) is 9.78 Å². The third kappa shape index (κ3) is 5.90. The van der Waals surface area contributed by atoms with E-state index in [4.69, 9.17) is 23.2 Å². The number of aromatic nitrogens is 2. The Labute approximate surface area is 164 Å². The van der Waals surface area contributed by atoms with Crippen molar-refractivity contribution in [3.05, 3.63) is 52.0 Å². The second kappa shape index (κ2) is 9.80. The highest BCUT2D eigenvalue weighted by molar-refractivity contribution is 6.35. The van der Waals surface area contributed by atoms with Gasteiger partial charge in [0.05, 0.1) is 13.1 Å². The van der Waals surface area contributed by atoms with Gasteiger partial charge in [0.1, 0.15) is 5.82 Å². The van der Waals surface area contributed by atoms with Crippen LogP contribution in [-0.2, 0) is 13.1 Å². The van der Waals surface area contributed by atoms with E-state index < -0.39 is 0 Å². The molecule has 0 unspecified atom stereocenters. The van der Waals surface area contributed by atoms with Gasteiger partial charge in [0, 0.05) is 42.1 Å². The summed E-state index contributed by atoms with van der Waals surface area (Å²) in [6, 6.07) is 5.36. The number of urea groups is 1. The molecule has 0 saturated carbocycles. The molecule has 1 aromatic carbocycles. The Balaban J connectivity index is 2.14. The Bertz CT molecular complexity index is 732. The number of carbonyl (C=O) groups excluding carboxylic acids is 1. The molecule has 8 heteroatoms. The smallest absolute Gasteiger partial charge is 0.317 e. The van der Waals surface area contributed by atoms with Gasteiger partial charge >= 0.3 is 6.03 Å². The van der Waals surface area contributed by atoms with E-state index in [1.807, 2.05) is 48.8 Å². The minimum atomic E-state index is -0.0894. The molecule has 0 spiro atoms. The maximum Gasteiger partial charge on any atom is 0.317 e. The molecule has 142 valence electrons. The first-order chi connectivity index (χ1) is 12.4. The molecule has 0 radical (unpaired) electrons. The maximum atomic E-state index is 12.4. The molecule has 0 saturated heterocycles. The molecule has 0 aliphatic heterocycles. The first-order valence-corrected chi connectivity index (χ1v) is 9.27. The molecule has 0 bridgehead atoms. The van der Waals surface area contributed by atoms with E-state index in [1.165, 1.54) is 0 Å². The predicted octanol–water partition coefficient (Wildman–Crippen LogP) is 3.33. The van der Waals surface area contributed by atoms with Crippen molar-refractivity contribution < 1.29 is 4.79 Å². The molecule has 0 aliphatic carbocycles. The molecule has 2 rings (SSSR count). The van der Waals surface area contributed by atoms with Gasteiger partial charge in [0.25, 0.3) is 0 Å². The summed E-state index contributed by atoms with van der Waals surface area (Å²) in [6.45, 7) is 4.89. The normalized spacial score (nSPS) is 11.0. The standard InChI is InChI=1S/C18H25Cl2N5O/c1-4-21-18(26)25(10-9-23(2)3)13-17-22-7-8-24(17)12-14-5-6-15(19)11-16(14)20/h5-8,11H,4,9-10,12-13H2,1-3H3,(H,21,26). The van der Waals surface area contributed by atoms with Crippen LogP contribution in [0.5, 0.6) is 0 Å². The van der Waals surface area contributed by atoms with Crippen LogP contribution in [-0.4, -0.2) is 59.1 Å². The molecular formula is C18H25Cl2N5O. The number of benzene rings is 1. The van der Waals surface area contributed by atoms with Crippen molar-refractivity contribution in [1.29, 1.82) is 0 Å². The minimum Gasteiger partial charge on any atom is -0.338 e. The van der Waals surface area contributed by atoms with Crippen LogP contribution < -0.4 is 5.32 Å². The van der Waals surface area contributed by atoms with E-state index in [1.54, 1.807) is 17.2 Å². The maximum absolute atomic E-state index is 12.4. The third-order valence-electron chi connectivity index (χ3n) is 3.92. The fraction of sp³-hybridized carbons (Fsp3) is 0.444. The van der Waals surface area contributed by atoms with Crippen molar-refractivity contribution >= 4 is 29.2 Å². The highest BCUT2D eigenvalue weighted by Crippen LogP contribution is 2.22. The van der Waals surface area contributed by atoms with Gasteiger partial charge in [-0.05, 0) is 38.7 Å². The van der Waals surface area contributed by atoms with Crippen molar-refractivity contribution in [3.8, 4) is 0 Å². The highest BCUT2D eigenvalue weighted by Gasteiger charge is 2.16.